The number of carbonyl (C=O) groups excluding carboxylic acids is 2. The average Bonchev–Trinajstić information content (AvgIpc) is 3.18. The topological polar surface area (TPSA) is 112 Å². The van der Waals surface area contributed by atoms with E-state index in [4.69, 9.17) is 9.47 Å². The van der Waals surface area contributed by atoms with Crippen LogP contribution in [0.5, 0.6) is 11.5 Å². The summed E-state index contributed by atoms with van der Waals surface area (Å²) in [5, 5.41) is 5.87. The SMILES string of the molecule is COc1cccc(NC(=O)c2sc3ncn(CC(=O)Nc4ccccc4OC)c(=O)c3c2C)c1. The molecule has 34 heavy (non-hydrogen) atoms. The molecule has 0 aliphatic heterocycles. The van der Waals surface area contributed by atoms with Crippen molar-refractivity contribution in [3.63, 3.8) is 0 Å². The summed E-state index contributed by atoms with van der Waals surface area (Å²) in [6.07, 6.45) is 1.31. The van der Waals surface area contributed by atoms with Crippen LogP contribution in [-0.2, 0) is 11.3 Å². The maximum absolute atomic E-state index is 13.1. The monoisotopic (exact) mass is 478 g/mol. The van der Waals surface area contributed by atoms with E-state index in [9.17, 15) is 14.4 Å². The van der Waals surface area contributed by atoms with Crippen molar-refractivity contribution in [2.24, 2.45) is 0 Å². The van der Waals surface area contributed by atoms with Gasteiger partial charge in [-0.15, -0.1) is 11.3 Å². The third-order valence-electron chi connectivity index (χ3n) is 5.15. The summed E-state index contributed by atoms with van der Waals surface area (Å²) in [5.41, 5.74) is 1.19. The van der Waals surface area contributed by atoms with Crippen molar-refractivity contribution in [1.82, 2.24) is 9.55 Å². The fourth-order valence-corrected chi connectivity index (χ4v) is 4.50. The molecule has 0 fully saturated rings. The van der Waals surface area contributed by atoms with Gasteiger partial charge < -0.3 is 20.1 Å². The first-order valence-corrected chi connectivity index (χ1v) is 11.1. The van der Waals surface area contributed by atoms with E-state index < -0.39 is 11.5 Å². The summed E-state index contributed by atoms with van der Waals surface area (Å²) in [4.78, 5) is 43.7. The van der Waals surface area contributed by atoms with E-state index in [1.54, 1.807) is 62.6 Å². The minimum atomic E-state index is -0.406. The Morgan fingerprint density at radius 3 is 2.62 bits per heavy atom. The molecule has 0 spiro atoms. The van der Waals surface area contributed by atoms with Gasteiger partial charge in [0.25, 0.3) is 11.5 Å². The molecule has 0 saturated carbocycles. The molecule has 0 bridgehead atoms. The third kappa shape index (κ3) is 4.62. The van der Waals surface area contributed by atoms with Crippen LogP contribution in [0.25, 0.3) is 10.2 Å². The van der Waals surface area contributed by atoms with Crippen molar-refractivity contribution in [1.29, 1.82) is 0 Å². The lowest BCUT2D eigenvalue weighted by atomic mass is 10.2. The molecule has 0 aliphatic carbocycles. The number of anilines is 2. The number of carbonyl (C=O) groups is 2. The number of thiophene rings is 1. The van der Waals surface area contributed by atoms with Gasteiger partial charge in [-0.1, -0.05) is 18.2 Å². The number of fused-ring (bicyclic) bond motifs is 1. The highest BCUT2D eigenvalue weighted by molar-refractivity contribution is 7.20. The zero-order chi connectivity index (χ0) is 24.2. The summed E-state index contributed by atoms with van der Waals surface area (Å²) in [7, 11) is 3.05. The Hall–Kier alpha value is -4.18. The number of benzene rings is 2. The van der Waals surface area contributed by atoms with Gasteiger partial charge in [0.1, 0.15) is 22.9 Å². The van der Waals surface area contributed by atoms with Crippen molar-refractivity contribution in [2.75, 3.05) is 24.9 Å². The quantitative estimate of drug-likeness (QED) is 0.419. The summed E-state index contributed by atoms with van der Waals surface area (Å²) < 4.78 is 11.6. The number of rotatable bonds is 7. The second-order valence-electron chi connectivity index (χ2n) is 7.35. The molecule has 4 aromatic rings. The molecule has 2 amide bonds. The molecular formula is C24H22N4O5S. The number of para-hydroxylation sites is 2. The molecule has 0 saturated heterocycles. The minimum Gasteiger partial charge on any atom is -0.497 e. The van der Waals surface area contributed by atoms with Crippen LogP contribution in [0.15, 0.2) is 59.7 Å². The number of aryl methyl sites for hydroxylation is 1. The van der Waals surface area contributed by atoms with E-state index in [0.717, 1.165) is 11.3 Å². The Bertz CT molecular complexity index is 1440. The van der Waals surface area contributed by atoms with Gasteiger partial charge in [0.05, 0.1) is 36.5 Å². The number of nitrogens with one attached hydrogen (secondary N) is 2. The van der Waals surface area contributed by atoms with Gasteiger partial charge in [-0.2, -0.15) is 0 Å². The lowest BCUT2D eigenvalue weighted by Crippen LogP contribution is -2.28. The van der Waals surface area contributed by atoms with Crippen LogP contribution in [0, 0.1) is 6.92 Å². The lowest BCUT2D eigenvalue weighted by molar-refractivity contribution is -0.116. The average molecular weight is 479 g/mol. The van der Waals surface area contributed by atoms with Gasteiger partial charge in [0, 0.05) is 11.8 Å². The molecule has 0 atom stereocenters. The van der Waals surface area contributed by atoms with Crippen molar-refractivity contribution >= 4 is 44.7 Å². The number of hydrogen-bond donors (Lipinski definition) is 2. The summed E-state index contributed by atoms with van der Waals surface area (Å²) in [5.74, 6) is 0.365. The Morgan fingerprint density at radius 2 is 1.85 bits per heavy atom. The highest BCUT2D eigenvalue weighted by Gasteiger charge is 2.20. The molecule has 4 rings (SSSR count). The van der Waals surface area contributed by atoms with Crippen LogP contribution in [0.4, 0.5) is 11.4 Å². The molecule has 2 heterocycles. The van der Waals surface area contributed by atoms with Gasteiger partial charge in [0.2, 0.25) is 5.91 Å². The fraction of sp³-hybridized carbons (Fsp3) is 0.167. The van der Waals surface area contributed by atoms with Crippen molar-refractivity contribution in [3.05, 3.63) is 75.7 Å². The van der Waals surface area contributed by atoms with Crippen molar-refractivity contribution in [3.8, 4) is 11.5 Å². The Kier molecular flexibility index (Phi) is 6.60. The van der Waals surface area contributed by atoms with E-state index in [1.807, 2.05) is 0 Å². The maximum atomic E-state index is 13.1. The molecule has 10 heteroatoms. The number of nitrogens with zero attached hydrogens (tertiary/aromatic N) is 2. The zero-order valence-electron chi connectivity index (χ0n) is 18.7. The Balaban J connectivity index is 1.57. The summed E-state index contributed by atoms with van der Waals surface area (Å²) >= 11 is 1.13. The van der Waals surface area contributed by atoms with Gasteiger partial charge in [0.15, 0.2) is 0 Å². The van der Waals surface area contributed by atoms with Crippen LogP contribution in [0.3, 0.4) is 0 Å². The highest BCUT2D eigenvalue weighted by atomic mass is 32.1. The molecule has 0 radical (unpaired) electrons. The highest BCUT2D eigenvalue weighted by Crippen LogP contribution is 2.28. The lowest BCUT2D eigenvalue weighted by Gasteiger charge is -2.10. The number of amides is 2. The van der Waals surface area contributed by atoms with E-state index in [-0.39, 0.29) is 12.5 Å². The smallest absolute Gasteiger partial charge is 0.266 e. The number of hydrogen-bond acceptors (Lipinski definition) is 7. The molecule has 2 aromatic carbocycles. The summed E-state index contributed by atoms with van der Waals surface area (Å²) in [6, 6.07) is 14.0. The van der Waals surface area contributed by atoms with E-state index in [2.05, 4.69) is 15.6 Å². The second-order valence-corrected chi connectivity index (χ2v) is 8.35. The second kappa shape index (κ2) is 9.75. The van der Waals surface area contributed by atoms with Gasteiger partial charge >= 0.3 is 0 Å². The first-order valence-electron chi connectivity index (χ1n) is 10.3. The van der Waals surface area contributed by atoms with Crippen LogP contribution in [0.1, 0.15) is 15.2 Å². The third-order valence-corrected chi connectivity index (χ3v) is 6.34. The Labute approximate surface area is 199 Å². The molecule has 9 nitrogen and oxygen atoms in total. The van der Waals surface area contributed by atoms with Gasteiger partial charge in [-0.25, -0.2) is 4.98 Å². The van der Waals surface area contributed by atoms with Crippen LogP contribution < -0.4 is 25.7 Å². The van der Waals surface area contributed by atoms with Crippen molar-refractivity contribution in [2.45, 2.75) is 13.5 Å². The predicted octanol–water partition coefficient (Wildman–Crippen LogP) is 3.67. The molecular weight excluding hydrogens is 456 g/mol. The standard InChI is InChI=1S/C24H22N4O5S/c1-14-20-23(34-21(14)22(30)26-15-7-6-8-16(11-15)32-2)25-13-28(24(20)31)12-19(29)27-17-9-4-5-10-18(17)33-3/h4-11,13H,12H2,1-3H3,(H,26,30)(H,27,29). The van der Waals surface area contributed by atoms with Crippen molar-refractivity contribution < 1.29 is 19.1 Å². The first-order chi connectivity index (χ1) is 16.4. The number of ether oxygens (including phenoxy) is 2. The van der Waals surface area contributed by atoms with Gasteiger partial charge in [-0.3, -0.25) is 19.0 Å². The van der Waals surface area contributed by atoms with Crippen LogP contribution >= 0.6 is 11.3 Å². The number of aromatic nitrogens is 2. The van der Waals surface area contributed by atoms with Crippen LogP contribution in [0.2, 0.25) is 0 Å². The molecule has 174 valence electrons. The van der Waals surface area contributed by atoms with E-state index in [1.165, 1.54) is 18.0 Å². The maximum Gasteiger partial charge on any atom is 0.266 e. The first kappa shape index (κ1) is 23.0. The largest absolute Gasteiger partial charge is 0.497 e. The Morgan fingerprint density at radius 1 is 1.06 bits per heavy atom. The summed E-state index contributed by atoms with van der Waals surface area (Å²) in [6.45, 7) is 1.46. The van der Waals surface area contributed by atoms with Crippen LogP contribution in [-0.4, -0.2) is 35.6 Å². The van der Waals surface area contributed by atoms with Gasteiger partial charge in [-0.05, 0) is 36.8 Å². The number of methoxy groups -OCH3 is 2. The predicted molar refractivity (Wildman–Crippen MR) is 131 cm³/mol. The molecule has 0 unspecified atom stereocenters. The fourth-order valence-electron chi connectivity index (χ4n) is 3.47. The zero-order valence-corrected chi connectivity index (χ0v) is 19.6. The molecule has 0 aliphatic rings. The van der Waals surface area contributed by atoms with E-state index in [0.29, 0.717) is 43.5 Å². The van der Waals surface area contributed by atoms with E-state index >= 15 is 0 Å². The normalized spacial score (nSPS) is 10.7. The minimum absolute atomic E-state index is 0.236. The molecule has 2 N–H and O–H groups in total. The molecule has 2 aromatic heterocycles.